The number of sulfonamides is 1. The molecule has 1 N–H and O–H groups in total. The fraction of sp³-hybridized carbons (Fsp3) is 0.269. The molecule has 1 aliphatic heterocycles. The van der Waals surface area contributed by atoms with Gasteiger partial charge in [-0.05, 0) is 49.2 Å². The van der Waals surface area contributed by atoms with E-state index in [0.29, 0.717) is 23.5 Å². The quantitative estimate of drug-likeness (QED) is 0.529. The molecule has 4 rings (SSSR count). The van der Waals surface area contributed by atoms with Crippen LogP contribution in [-0.4, -0.2) is 33.1 Å². The summed E-state index contributed by atoms with van der Waals surface area (Å²) in [4.78, 5) is 12.9. The third-order valence-corrected chi connectivity index (χ3v) is 7.03. The number of nitrogens with one attached hydrogen (secondary N) is 1. The zero-order valence-corrected chi connectivity index (χ0v) is 20.0. The highest BCUT2D eigenvalue weighted by atomic mass is 32.2. The number of hydrogen-bond donors (Lipinski definition) is 1. The van der Waals surface area contributed by atoms with Crippen LogP contribution < -0.4 is 19.1 Å². The van der Waals surface area contributed by atoms with E-state index in [1.807, 2.05) is 44.2 Å². The predicted octanol–water partition coefficient (Wildman–Crippen LogP) is 3.89. The third kappa shape index (κ3) is 5.69. The van der Waals surface area contributed by atoms with Crippen LogP contribution >= 0.6 is 0 Å². The fourth-order valence-electron chi connectivity index (χ4n) is 3.73. The van der Waals surface area contributed by atoms with Crippen LogP contribution in [0.5, 0.6) is 11.5 Å². The molecule has 0 spiro atoms. The van der Waals surface area contributed by atoms with Gasteiger partial charge in [-0.15, -0.1) is 0 Å². The Morgan fingerprint density at radius 3 is 2.38 bits per heavy atom. The first-order chi connectivity index (χ1) is 16.3. The topological polar surface area (TPSA) is 84.9 Å². The Bertz CT molecular complexity index is 1230. The van der Waals surface area contributed by atoms with Crippen molar-refractivity contribution in [3.8, 4) is 11.5 Å². The van der Waals surface area contributed by atoms with Crippen molar-refractivity contribution >= 4 is 21.6 Å². The van der Waals surface area contributed by atoms with Crippen molar-refractivity contribution in [3.05, 3.63) is 90.0 Å². The minimum atomic E-state index is -3.74. The minimum Gasteiger partial charge on any atom is -0.491 e. The number of fused-ring (bicyclic) bond motifs is 1. The number of para-hydroxylation sites is 2. The summed E-state index contributed by atoms with van der Waals surface area (Å²) in [6.07, 6.45) is -0.887. The summed E-state index contributed by atoms with van der Waals surface area (Å²) >= 11 is 0. The zero-order chi connectivity index (χ0) is 24.1. The van der Waals surface area contributed by atoms with Gasteiger partial charge in [-0.25, -0.2) is 8.42 Å². The number of rotatable bonds is 8. The fourth-order valence-corrected chi connectivity index (χ4v) is 5.31. The van der Waals surface area contributed by atoms with E-state index in [9.17, 15) is 13.2 Å². The maximum absolute atomic E-state index is 13.3. The SMILES string of the molecule is CC(C)Oc1ccc(CNC(=O)C2CN(S(=O)(=O)Cc3ccccc3)c3ccccc3O2)cc1. The lowest BCUT2D eigenvalue weighted by molar-refractivity contribution is -0.127. The van der Waals surface area contributed by atoms with Crippen molar-refractivity contribution in [2.75, 3.05) is 10.8 Å². The van der Waals surface area contributed by atoms with Crippen LogP contribution in [0.4, 0.5) is 5.69 Å². The third-order valence-electron chi connectivity index (χ3n) is 5.32. The molecule has 0 fully saturated rings. The van der Waals surface area contributed by atoms with Crippen LogP contribution in [0.15, 0.2) is 78.9 Å². The van der Waals surface area contributed by atoms with Crippen LogP contribution in [0.3, 0.4) is 0 Å². The summed E-state index contributed by atoms with van der Waals surface area (Å²) in [6, 6.07) is 23.3. The van der Waals surface area contributed by atoms with Crippen LogP contribution in [0.25, 0.3) is 0 Å². The highest BCUT2D eigenvalue weighted by molar-refractivity contribution is 7.92. The molecule has 0 saturated carbocycles. The molecule has 8 heteroatoms. The van der Waals surface area contributed by atoms with Gasteiger partial charge in [0.1, 0.15) is 11.5 Å². The smallest absolute Gasteiger partial charge is 0.263 e. The predicted molar refractivity (Wildman–Crippen MR) is 131 cm³/mol. The summed E-state index contributed by atoms with van der Waals surface area (Å²) in [7, 11) is -3.74. The number of carbonyl (C=O) groups excluding carboxylic acids is 1. The van der Waals surface area contributed by atoms with Gasteiger partial charge in [0.05, 0.1) is 24.1 Å². The summed E-state index contributed by atoms with van der Waals surface area (Å²) in [5, 5.41) is 2.86. The van der Waals surface area contributed by atoms with Gasteiger partial charge in [-0.3, -0.25) is 9.10 Å². The van der Waals surface area contributed by atoms with Gasteiger partial charge in [0.2, 0.25) is 10.0 Å². The molecule has 3 aromatic carbocycles. The van der Waals surface area contributed by atoms with Crippen LogP contribution in [0, 0.1) is 0 Å². The molecule has 34 heavy (non-hydrogen) atoms. The Hall–Kier alpha value is -3.52. The van der Waals surface area contributed by atoms with E-state index in [1.54, 1.807) is 48.5 Å². The molecule has 1 atom stereocenters. The maximum atomic E-state index is 13.3. The Labute approximate surface area is 200 Å². The van der Waals surface area contributed by atoms with E-state index in [2.05, 4.69) is 5.32 Å². The zero-order valence-electron chi connectivity index (χ0n) is 19.2. The largest absolute Gasteiger partial charge is 0.491 e. The Morgan fingerprint density at radius 2 is 1.68 bits per heavy atom. The standard InChI is InChI=1S/C26H28N2O5S/c1-19(2)32-22-14-12-20(13-15-22)16-27-26(29)25-17-28(23-10-6-7-11-24(23)33-25)34(30,31)18-21-8-4-3-5-9-21/h3-15,19,25H,16-18H2,1-2H3,(H,27,29). The molecule has 1 unspecified atom stereocenters. The van der Waals surface area contributed by atoms with Crippen LogP contribution in [-0.2, 0) is 27.1 Å². The van der Waals surface area contributed by atoms with Crippen LogP contribution in [0.2, 0.25) is 0 Å². The molecule has 1 amide bonds. The van der Waals surface area contributed by atoms with E-state index in [1.165, 1.54) is 4.31 Å². The molecule has 178 valence electrons. The highest BCUT2D eigenvalue weighted by Crippen LogP contribution is 2.35. The number of carbonyl (C=O) groups is 1. The maximum Gasteiger partial charge on any atom is 0.263 e. The van der Waals surface area contributed by atoms with E-state index in [0.717, 1.165) is 11.3 Å². The summed E-state index contributed by atoms with van der Waals surface area (Å²) < 4.78 is 39.4. The Balaban J connectivity index is 1.47. The number of amides is 1. The van der Waals surface area contributed by atoms with Crippen molar-refractivity contribution in [2.45, 2.75) is 38.4 Å². The average molecular weight is 481 g/mol. The van der Waals surface area contributed by atoms with Crippen molar-refractivity contribution in [1.29, 1.82) is 0 Å². The van der Waals surface area contributed by atoms with E-state index >= 15 is 0 Å². The molecular formula is C26H28N2O5S. The summed E-state index contributed by atoms with van der Waals surface area (Å²) in [5.41, 5.74) is 2.01. The van der Waals surface area contributed by atoms with Crippen molar-refractivity contribution in [1.82, 2.24) is 5.32 Å². The number of nitrogens with zero attached hydrogens (tertiary/aromatic N) is 1. The highest BCUT2D eigenvalue weighted by Gasteiger charge is 2.36. The van der Waals surface area contributed by atoms with Crippen molar-refractivity contribution in [2.24, 2.45) is 0 Å². The van der Waals surface area contributed by atoms with Gasteiger partial charge < -0.3 is 14.8 Å². The monoisotopic (exact) mass is 480 g/mol. The first kappa shape index (κ1) is 23.6. The molecule has 0 bridgehead atoms. The van der Waals surface area contributed by atoms with Crippen molar-refractivity contribution in [3.63, 3.8) is 0 Å². The van der Waals surface area contributed by atoms with Gasteiger partial charge in [0.15, 0.2) is 6.10 Å². The molecule has 0 aromatic heterocycles. The molecule has 0 radical (unpaired) electrons. The Morgan fingerprint density at radius 1 is 1.00 bits per heavy atom. The van der Waals surface area contributed by atoms with Gasteiger partial charge in [-0.1, -0.05) is 54.6 Å². The van der Waals surface area contributed by atoms with Gasteiger partial charge in [-0.2, -0.15) is 0 Å². The average Bonchev–Trinajstić information content (AvgIpc) is 2.82. The molecule has 1 heterocycles. The van der Waals surface area contributed by atoms with Gasteiger partial charge >= 0.3 is 0 Å². The molecule has 1 aliphatic rings. The number of anilines is 1. The van der Waals surface area contributed by atoms with E-state index in [-0.39, 0.29) is 24.3 Å². The lowest BCUT2D eigenvalue weighted by Gasteiger charge is -2.34. The number of hydrogen-bond acceptors (Lipinski definition) is 5. The second kappa shape index (κ2) is 10.2. The second-order valence-electron chi connectivity index (χ2n) is 8.38. The Kier molecular flexibility index (Phi) is 7.07. The van der Waals surface area contributed by atoms with Gasteiger partial charge in [0.25, 0.3) is 5.91 Å². The first-order valence-electron chi connectivity index (χ1n) is 11.1. The molecule has 0 saturated heterocycles. The first-order valence-corrected chi connectivity index (χ1v) is 12.8. The van der Waals surface area contributed by atoms with Gasteiger partial charge in [0, 0.05) is 6.54 Å². The lowest BCUT2D eigenvalue weighted by atomic mass is 10.2. The van der Waals surface area contributed by atoms with Crippen LogP contribution in [0.1, 0.15) is 25.0 Å². The summed E-state index contributed by atoms with van der Waals surface area (Å²) in [5.74, 6) is 0.579. The normalized spacial score (nSPS) is 15.4. The minimum absolute atomic E-state index is 0.0815. The van der Waals surface area contributed by atoms with E-state index in [4.69, 9.17) is 9.47 Å². The molecule has 3 aromatic rings. The summed E-state index contributed by atoms with van der Waals surface area (Å²) in [6.45, 7) is 4.11. The molecule has 0 aliphatic carbocycles. The number of ether oxygens (including phenoxy) is 2. The lowest BCUT2D eigenvalue weighted by Crippen LogP contribution is -2.50. The molecular weight excluding hydrogens is 452 g/mol. The molecule has 7 nitrogen and oxygen atoms in total. The van der Waals surface area contributed by atoms with E-state index < -0.39 is 16.1 Å². The van der Waals surface area contributed by atoms with Crippen molar-refractivity contribution < 1.29 is 22.7 Å². The number of benzene rings is 3. The second-order valence-corrected chi connectivity index (χ2v) is 10.3.